The van der Waals surface area contributed by atoms with Gasteiger partial charge in [-0.25, -0.2) is 0 Å². The van der Waals surface area contributed by atoms with Crippen LogP contribution >= 0.6 is 0 Å². The number of Topliss-reactive ketones (excluding diaryl/α,β-unsaturated/α-hetero) is 1. The summed E-state index contributed by atoms with van der Waals surface area (Å²) in [5.74, 6) is -0.662. The van der Waals surface area contributed by atoms with Crippen molar-refractivity contribution in [1.82, 2.24) is 5.32 Å². The molecule has 1 unspecified atom stereocenters. The van der Waals surface area contributed by atoms with Gasteiger partial charge in [0, 0.05) is 45.8 Å². The van der Waals surface area contributed by atoms with Crippen molar-refractivity contribution in [3.05, 3.63) is 0 Å². The summed E-state index contributed by atoms with van der Waals surface area (Å²) in [6.45, 7) is 10.2. The monoisotopic (exact) mass is 499 g/mol. The van der Waals surface area contributed by atoms with Crippen molar-refractivity contribution in [1.29, 1.82) is 0 Å². The summed E-state index contributed by atoms with van der Waals surface area (Å²) in [4.78, 5) is 36.6. The molecule has 0 aliphatic carbocycles. The number of ether oxygens (including phenoxy) is 2. The van der Waals surface area contributed by atoms with Crippen LogP contribution < -0.4 is 5.32 Å². The molecule has 0 bridgehead atoms. The summed E-state index contributed by atoms with van der Waals surface area (Å²) in [7, 11) is 3.00. The van der Waals surface area contributed by atoms with Gasteiger partial charge in [-0.2, -0.15) is 0 Å². The van der Waals surface area contributed by atoms with E-state index in [-0.39, 0.29) is 87.8 Å². The number of rotatable bonds is 9. The van der Waals surface area contributed by atoms with Gasteiger partial charge in [-0.1, -0.05) is 57.9 Å². The Labute approximate surface area is 201 Å². The zero-order valence-corrected chi connectivity index (χ0v) is 18.6. The van der Waals surface area contributed by atoms with Gasteiger partial charge in [0.1, 0.15) is 5.78 Å². The van der Waals surface area contributed by atoms with Crippen molar-refractivity contribution >= 4 is 17.7 Å². The summed E-state index contributed by atoms with van der Waals surface area (Å²) in [5.41, 5.74) is -2.54. The molecule has 0 aromatic carbocycles. The van der Waals surface area contributed by atoms with Gasteiger partial charge in [-0.15, -0.1) is 0 Å². The molecule has 1 N–H and O–H groups in total. The van der Waals surface area contributed by atoms with Crippen LogP contribution in [0.3, 0.4) is 0 Å². The molecule has 0 saturated heterocycles. The van der Waals surface area contributed by atoms with E-state index in [9.17, 15) is 14.4 Å². The molecule has 0 saturated carbocycles. The first-order chi connectivity index (χ1) is 10.4. The van der Waals surface area contributed by atoms with E-state index < -0.39 is 16.2 Å². The average Bonchev–Trinajstić information content (AvgIpc) is 2.48. The maximum atomic E-state index is 12.3. The van der Waals surface area contributed by atoms with Gasteiger partial charge in [-0.05, 0) is 33.6 Å². The molecule has 178 valence electrons. The van der Waals surface area contributed by atoms with Crippen LogP contribution in [-0.2, 0) is 50.1 Å². The zero-order valence-electron chi connectivity index (χ0n) is 16.2. The van der Waals surface area contributed by atoms with Crippen LogP contribution in [0.25, 0.3) is 0 Å². The molecule has 0 aliphatic heterocycles. The largest absolute Gasteiger partial charge is 0.438 e. The van der Waals surface area contributed by atoms with Gasteiger partial charge < -0.3 is 14.8 Å². The first-order valence-electron chi connectivity index (χ1n) is 7.76. The van der Waals surface area contributed by atoms with Gasteiger partial charge in [-0.3, -0.25) is 14.4 Å². The van der Waals surface area contributed by atoms with E-state index >= 15 is 0 Å². The third-order valence-corrected chi connectivity index (χ3v) is 5.06. The van der Waals surface area contributed by atoms with Crippen LogP contribution in [0.1, 0.15) is 91.5 Å². The standard InChI is InChI=1S/C17H31NO5.5CH4.Zr/c1-12(19)17(6,16(4,5)13(20)18-7)10-9-15(2,3)14(21)23-11-22-8;;;;;;/h9-11H2,1-8H3,(H,18,20);5*1H4;. The Morgan fingerprint density at radius 3 is 1.59 bits per heavy atom. The van der Waals surface area contributed by atoms with Crippen molar-refractivity contribution < 1.29 is 50.1 Å². The number of nitrogens with one attached hydrogen (secondary N) is 1. The Balaban J connectivity index is -0.000000161. The van der Waals surface area contributed by atoms with Crippen LogP contribution in [-0.4, -0.2) is 38.6 Å². The van der Waals surface area contributed by atoms with Crippen LogP contribution in [0.4, 0.5) is 0 Å². The maximum absolute atomic E-state index is 12.3. The van der Waals surface area contributed by atoms with E-state index in [2.05, 4.69) is 5.32 Å². The smallest absolute Gasteiger partial charge is 0.313 e. The molecule has 0 aliphatic rings. The Kier molecular flexibility index (Phi) is 29.3. The fourth-order valence-electron chi connectivity index (χ4n) is 2.46. The Morgan fingerprint density at radius 2 is 1.28 bits per heavy atom. The molecule has 0 aromatic heterocycles. The molecule has 0 aromatic rings. The topological polar surface area (TPSA) is 81.7 Å². The SMILES string of the molecule is C.C.C.C.C.CNC(=O)C(C)(C)C(C)(CCC(C)(C)C(=O)OCOC)C(C)=O.[Zr]. The second kappa shape index (κ2) is 18.2. The summed E-state index contributed by atoms with van der Waals surface area (Å²) in [6.07, 6.45) is 0.823. The Hall–Kier alpha value is -0.547. The number of ketones is 1. The number of methoxy groups -OCH3 is 1. The number of carbonyl (C=O) groups is 3. The number of hydrogen-bond donors (Lipinski definition) is 1. The van der Waals surface area contributed by atoms with Gasteiger partial charge in [0.25, 0.3) is 0 Å². The molecular weight excluding hydrogens is 449 g/mol. The molecule has 29 heavy (non-hydrogen) atoms. The third-order valence-electron chi connectivity index (χ3n) is 5.06. The Morgan fingerprint density at radius 1 is 0.862 bits per heavy atom. The first-order valence-corrected chi connectivity index (χ1v) is 7.76. The maximum Gasteiger partial charge on any atom is 0.313 e. The fraction of sp³-hybridized carbons (Fsp3) is 0.864. The summed E-state index contributed by atoms with van der Waals surface area (Å²) in [5, 5.41) is 2.61. The zero-order chi connectivity index (χ0) is 18.5. The Bertz CT molecular complexity index is 464. The molecule has 0 rings (SSSR count). The van der Waals surface area contributed by atoms with Crippen molar-refractivity contribution in [2.45, 2.75) is 91.5 Å². The fourth-order valence-corrected chi connectivity index (χ4v) is 2.46. The molecule has 6 nitrogen and oxygen atoms in total. The van der Waals surface area contributed by atoms with Gasteiger partial charge in [0.2, 0.25) is 5.91 Å². The van der Waals surface area contributed by atoms with Crippen LogP contribution in [0.2, 0.25) is 0 Å². The van der Waals surface area contributed by atoms with E-state index in [4.69, 9.17) is 9.47 Å². The second-order valence-electron chi connectivity index (χ2n) is 7.31. The normalized spacial score (nSPS) is 11.7. The molecule has 1 amide bonds. The minimum Gasteiger partial charge on any atom is -0.438 e. The summed E-state index contributed by atoms with van der Waals surface area (Å²) < 4.78 is 9.75. The van der Waals surface area contributed by atoms with E-state index in [1.807, 2.05) is 0 Å². The molecule has 1 atom stereocenters. The van der Waals surface area contributed by atoms with Crippen LogP contribution in [0, 0.1) is 16.2 Å². The van der Waals surface area contributed by atoms with Crippen molar-refractivity contribution in [2.75, 3.05) is 21.0 Å². The quantitative estimate of drug-likeness (QED) is 0.334. The van der Waals surface area contributed by atoms with Crippen LogP contribution in [0.5, 0.6) is 0 Å². The van der Waals surface area contributed by atoms with E-state index in [1.54, 1.807) is 41.7 Å². The van der Waals surface area contributed by atoms with Crippen molar-refractivity contribution in [3.63, 3.8) is 0 Å². The molecule has 0 fully saturated rings. The predicted molar refractivity (Wildman–Crippen MR) is 121 cm³/mol. The predicted octanol–water partition coefficient (Wildman–Crippen LogP) is 5.49. The summed E-state index contributed by atoms with van der Waals surface area (Å²) >= 11 is 0. The minimum absolute atomic E-state index is 0. The van der Waals surface area contributed by atoms with Gasteiger partial charge in [0.05, 0.1) is 10.8 Å². The van der Waals surface area contributed by atoms with E-state index in [0.717, 1.165) is 0 Å². The van der Waals surface area contributed by atoms with Crippen molar-refractivity contribution in [2.24, 2.45) is 16.2 Å². The molecule has 0 spiro atoms. The number of esters is 1. The van der Waals surface area contributed by atoms with Crippen LogP contribution in [0.15, 0.2) is 0 Å². The number of hydrogen-bond acceptors (Lipinski definition) is 5. The minimum atomic E-state index is -0.889. The van der Waals surface area contributed by atoms with E-state index in [1.165, 1.54) is 14.0 Å². The molecular formula is C22H51NO5Zr. The van der Waals surface area contributed by atoms with E-state index in [0.29, 0.717) is 12.8 Å². The number of carbonyl (C=O) groups excluding carboxylic acids is 3. The molecule has 0 radical (unpaired) electrons. The van der Waals surface area contributed by atoms with Gasteiger partial charge in [0.15, 0.2) is 6.79 Å². The average molecular weight is 501 g/mol. The van der Waals surface area contributed by atoms with Gasteiger partial charge >= 0.3 is 5.97 Å². The molecule has 0 heterocycles. The number of amides is 1. The third kappa shape index (κ3) is 11.4. The summed E-state index contributed by atoms with van der Waals surface area (Å²) in [6, 6.07) is 0. The molecule has 7 heteroatoms. The second-order valence-corrected chi connectivity index (χ2v) is 7.31. The van der Waals surface area contributed by atoms with Crippen molar-refractivity contribution in [3.8, 4) is 0 Å². The first kappa shape index (κ1) is 46.6.